The maximum Gasteiger partial charge on any atom is 0.270 e. The Morgan fingerprint density at radius 2 is 2.11 bits per heavy atom. The monoisotopic (exact) mass is 411 g/mol. The van der Waals surface area contributed by atoms with E-state index in [1.54, 1.807) is 13.1 Å². The third-order valence-corrected chi connectivity index (χ3v) is 5.77. The molecule has 0 spiro atoms. The Bertz CT molecular complexity index is 1200. The van der Waals surface area contributed by atoms with Crippen LogP contribution in [0.1, 0.15) is 39.9 Å². The number of carbonyl (C=O) groups excluding carboxylic acids is 1. The van der Waals surface area contributed by atoms with E-state index in [2.05, 4.69) is 30.9 Å². The average Bonchev–Trinajstić information content (AvgIpc) is 3.32. The fourth-order valence-electron chi connectivity index (χ4n) is 2.99. The first-order valence-corrected chi connectivity index (χ1v) is 9.89. The molecule has 1 amide bonds. The van der Waals surface area contributed by atoms with Crippen molar-refractivity contribution in [3.8, 4) is 11.3 Å². The number of anilines is 1. The smallest absolute Gasteiger partial charge is 0.270 e. The van der Waals surface area contributed by atoms with Gasteiger partial charge in [-0.25, -0.2) is 4.98 Å². The molecule has 0 atom stereocenters. The molecular weight excluding hydrogens is 398 g/mol. The summed E-state index contributed by atoms with van der Waals surface area (Å²) in [4.78, 5) is 21.4. The van der Waals surface area contributed by atoms with Crippen molar-refractivity contribution < 1.29 is 9.21 Å². The highest BCUT2D eigenvalue weighted by Crippen LogP contribution is 2.43. The highest BCUT2D eigenvalue weighted by molar-refractivity contribution is 7.08. The van der Waals surface area contributed by atoms with Gasteiger partial charge in [-0.15, -0.1) is 5.10 Å². The lowest BCUT2D eigenvalue weighted by Gasteiger charge is -2.06. The number of hydrogen-bond acceptors (Lipinski definition) is 7. The van der Waals surface area contributed by atoms with Crippen LogP contribution in [0, 0.1) is 6.92 Å². The Hall–Kier alpha value is -2.84. The standard InChI is InChI=1S/C19H14ClN5O2S/c1-9-18(28-25-24-9)19(26)23-17-8-21-14(7-22-17)12-6-16-11(4-13(12)20)5-15(27-16)10-2-3-10/h4-8,10H,2-3H2,1H3,(H,22,23,26). The first kappa shape index (κ1) is 17.3. The predicted octanol–water partition coefficient (Wildman–Crippen LogP) is 4.83. The number of fused-ring (bicyclic) bond motifs is 1. The average molecular weight is 412 g/mol. The number of halogens is 1. The van der Waals surface area contributed by atoms with E-state index in [0.29, 0.717) is 33.0 Å². The number of aryl methyl sites for hydroxylation is 1. The fourth-order valence-corrected chi connectivity index (χ4v) is 3.81. The minimum Gasteiger partial charge on any atom is -0.461 e. The number of amides is 1. The first-order chi connectivity index (χ1) is 13.6. The summed E-state index contributed by atoms with van der Waals surface area (Å²) < 4.78 is 9.72. The molecule has 0 saturated heterocycles. The van der Waals surface area contributed by atoms with E-state index in [0.717, 1.165) is 33.8 Å². The zero-order chi connectivity index (χ0) is 19.3. The topological polar surface area (TPSA) is 93.8 Å². The van der Waals surface area contributed by atoms with Crippen LogP contribution < -0.4 is 5.32 Å². The molecule has 1 saturated carbocycles. The second-order valence-electron chi connectivity index (χ2n) is 6.72. The van der Waals surface area contributed by atoms with Gasteiger partial charge in [-0.05, 0) is 49.5 Å². The van der Waals surface area contributed by atoms with Gasteiger partial charge >= 0.3 is 0 Å². The molecule has 28 heavy (non-hydrogen) atoms. The fraction of sp³-hybridized carbons (Fsp3) is 0.211. The van der Waals surface area contributed by atoms with Crippen molar-refractivity contribution in [2.24, 2.45) is 0 Å². The number of nitrogens with zero attached hydrogens (tertiary/aromatic N) is 4. The lowest BCUT2D eigenvalue weighted by atomic mass is 10.1. The van der Waals surface area contributed by atoms with Gasteiger partial charge in [-0.2, -0.15) is 0 Å². The molecule has 1 aliphatic carbocycles. The van der Waals surface area contributed by atoms with Gasteiger partial charge in [0.1, 0.15) is 16.2 Å². The van der Waals surface area contributed by atoms with Crippen molar-refractivity contribution in [3.63, 3.8) is 0 Å². The Kier molecular flexibility index (Phi) is 4.10. The number of benzene rings is 1. The Morgan fingerprint density at radius 1 is 1.25 bits per heavy atom. The highest BCUT2D eigenvalue weighted by Gasteiger charge is 2.27. The third-order valence-electron chi connectivity index (χ3n) is 4.63. The van der Waals surface area contributed by atoms with E-state index in [1.165, 1.54) is 19.0 Å². The van der Waals surface area contributed by atoms with Crippen LogP contribution in [0.15, 0.2) is 35.0 Å². The van der Waals surface area contributed by atoms with Crippen molar-refractivity contribution in [1.29, 1.82) is 0 Å². The summed E-state index contributed by atoms with van der Waals surface area (Å²) in [6.45, 7) is 1.73. The molecule has 3 heterocycles. The summed E-state index contributed by atoms with van der Waals surface area (Å²) in [5, 5.41) is 8.09. The molecule has 9 heteroatoms. The molecule has 0 unspecified atom stereocenters. The number of aromatic nitrogens is 4. The van der Waals surface area contributed by atoms with Crippen LogP contribution in [0.5, 0.6) is 0 Å². The molecule has 0 radical (unpaired) electrons. The largest absolute Gasteiger partial charge is 0.461 e. The molecule has 1 N–H and O–H groups in total. The molecular formula is C19H14ClN5O2S. The molecule has 140 valence electrons. The summed E-state index contributed by atoms with van der Waals surface area (Å²) in [5.74, 6) is 1.58. The Balaban J connectivity index is 1.41. The van der Waals surface area contributed by atoms with Crippen molar-refractivity contribution in [2.45, 2.75) is 25.7 Å². The van der Waals surface area contributed by atoms with Gasteiger partial charge in [0.05, 0.1) is 28.8 Å². The highest BCUT2D eigenvalue weighted by atomic mass is 35.5. The molecule has 0 bridgehead atoms. The summed E-state index contributed by atoms with van der Waals surface area (Å²) in [7, 11) is 0. The van der Waals surface area contributed by atoms with E-state index in [9.17, 15) is 4.79 Å². The van der Waals surface area contributed by atoms with Crippen LogP contribution in [0.4, 0.5) is 5.82 Å². The summed E-state index contributed by atoms with van der Waals surface area (Å²) in [5.41, 5.74) is 2.70. The van der Waals surface area contributed by atoms with Gasteiger partial charge in [0, 0.05) is 16.9 Å². The number of rotatable bonds is 4. The zero-order valence-electron chi connectivity index (χ0n) is 14.8. The molecule has 3 aromatic heterocycles. The SMILES string of the molecule is Cc1nnsc1C(=O)Nc1cnc(-c2cc3oc(C4CC4)cc3cc2Cl)cn1. The zero-order valence-corrected chi connectivity index (χ0v) is 16.3. The van der Waals surface area contributed by atoms with E-state index in [1.807, 2.05) is 12.1 Å². The van der Waals surface area contributed by atoms with E-state index in [-0.39, 0.29) is 5.91 Å². The first-order valence-electron chi connectivity index (χ1n) is 8.74. The molecule has 5 rings (SSSR count). The van der Waals surface area contributed by atoms with Crippen molar-refractivity contribution in [3.05, 3.63) is 51.9 Å². The molecule has 0 aliphatic heterocycles. The maximum absolute atomic E-state index is 12.2. The predicted molar refractivity (Wildman–Crippen MR) is 107 cm³/mol. The van der Waals surface area contributed by atoms with E-state index < -0.39 is 0 Å². The van der Waals surface area contributed by atoms with Crippen molar-refractivity contribution in [1.82, 2.24) is 19.6 Å². The van der Waals surface area contributed by atoms with Gasteiger partial charge in [0.25, 0.3) is 5.91 Å². The number of carbonyl (C=O) groups is 1. The molecule has 4 aromatic rings. The maximum atomic E-state index is 12.2. The summed E-state index contributed by atoms with van der Waals surface area (Å²) in [6.07, 6.45) is 5.42. The normalized spacial score (nSPS) is 13.8. The van der Waals surface area contributed by atoms with Crippen LogP contribution in [-0.4, -0.2) is 25.5 Å². The molecule has 1 aromatic carbocycles. The van der Waals surface area contributed by atoms with Gasteiger partial charge in [0.15, 0.2) is 5.82 Å². The molecule has 1 aliphatic rings. The summed E-state index contributed by atoms with van der Waals surface area (Å²) in [6, 6.07) is 5.83. The van der Waals surface area contributed by atoms with Gasteiger partial charge in [-0.3, -0.25) is 9.78 Å². The van der Waals surface area contributed by atoms with Gasteiger partial charge in [0.2, 0.25) is 0 Å². The van der Waals surface area contributed by atoms with Crippen LogP contribution in [0.3, 0.4) is 0 Å². The number of hydrogen-bond donors (Lipinski definition) is 1. The Morgan fingerprint density at radius 3 is 2.79 bits per heavy atom. The minimum absolute atomic E-state index is 0.308. The molecule has 7 nitrogen and oxygen atoms in total. The van der Waals surface area contributed by atoms with Gasteiger partial charge in [-0.1, -0.05) is 16.1 Å². The summed E-state index contributed by atoms with van der Waals surface area (Å²) >= 11 is 7.50. The van der Waals surface area contributed by atoms with Gasteiger partial charge < -0.3 is 9.73 Å². The second kappa shape index (κ2) is 6.65. The lowest BCUT2D eigenvalue weighted by Crippen LogP contribution is -2.12. The third kappa shape index (κ3) is 3.14. The van der Waals surface area contributed by atoms with Crippen LogP contribution >= 0.6 is 23.1 Å². The lowest BCUT2D eigenvalue weighted by molar-refractivity contribution is 0.102. The Labute approximate surface area is 168 Å². The van der Waals surface area contributed by atoms with Crippen LogP contribution in [0.25, 0.3) is 22.2 Å². The minimum atomic E-state index is -0.308. The van der Waals surface area contributed by atoms with Crippen molar-refractivity contribution in [2.75, 3.05) is 5.32 Å². The second-order valence-corrected chi connectivity index (χ2v) is 7.88. The van der Waals surface area contributed by atoms with Crippen LogP contribution in [-0.2, 0) is 0 Å². The number of nitrogens with one attached hydrogen (secondary N) is 1. The van der Waals surface area contributed by atoms with Crippen LogP contribution in [0.2, 0.25) is 5.02 Å². The van der Waals surface area contributed by atoms with E-state index in [4.69, 9.17) is 16.0 Å². The number of furan rings is 1. The van der Waals surface area contributed by atoms with Crippen molar-refractivity contribution >= 4 is 45.8 Å². The molecule has 1 fully saturated rings. The quantitative estimate of drug-likeness (QED) is 0.516. The van der Waals surface area contributed by atoms with E-state index >= 15 is 0 Å².